The molecule has 0 amide bonds. The summed E-state index contributed by atoms with van der Waals surface area (Å²) in [6.07, 6.45) is 2.25. The number of carbonyl (C=O) groups excluding carboxylic acids is 1. The molecule has 2 aromatic heterocycles. The number of carbonyl (C=O) groups is 1. The first-order valence-corrected chi connectivity index (χ1v) is 9.10. The van der Waals surface area contributed by atoms with E-state index in [0.717, 1.165) is 16.9 Å². The molecule has 0 aliphatic heterocycles. The number of hydrogen-bond acceptors (Lipinski definition) is 5. The molecule has 0 unspecified atom stereocenters. The Balaban J connectivity index is 1.80. The molecule has 7 heteroatoms. The first-order valence-electron chi connectivity index (χ1n) is 7.91. The fourth-order valence-electron chi connectivity index (χ4n) is 2.44. The number of rotatable bonds is 5. The van der Waals surface area contributed by atoms with Crippen molar-refractivity contribution in [2.75, 3.05) is 0 Å². The number of benzene rings is 1. The summed E-state index contributed by atoms with van der Waals surface area (Å²) < 4.78 is 6.62. The van der Waals surface area contributed by atoms with Crippen molar-refractivity contribution >= 4 is 39.1 Å². The molecule has 3 rings (SSSR count). The number of fused-ring (bicyclic) bond motifs is 1. The summed E-state index contributed by atoms with van der Waals surface area (Å²) in [5, 5.41) is 1.07. The molecule has 0 saturated carbocycles. The quantitative estimate of drug-likeness (QED) is 0.632. The number of halogens is 1. The van der Waals surface area contributed by atoms with Crippen LogP contribution in [0.5, 0.6) is 0 Å². The summed E-state index contributed by atoms with van der Waals surface area (Å²) in [6.45, 7) is 3.71. The zero-order valence-corrected chi connectivity index (χ0v) is 15.4. The van der Waals surface area contributed by atoms with Crippen LogP contribution < -0.4 is 5.56 Å². The maximum atomic E-state index is 12.6. The molecule has 5 nitrogen and oxygen atoms in total. The van der Waals surface area contributed by atoms with Crippen LogP contribution in [0.25, 0.3) is 10.2 Å². The largest absolute Gasteiger partial charge is 0.459 e. The molecule has 25 heavy (non-hydrogen) atoms. The predicted molar refractivity (Wildman–Crippen MR) is 99.2 cm³/mol. The Bertz CT molecular complexity index is 980. The van der Waals surface area contributed by atoms with E-state index in [1.807, 2.05) is 25.1 Å². The van der Waals surface area contributed by atoms with Crippen LogP contribution in [0.4, 0.5) is 0 Å². The van der Waals surface area contributed by atoms with E-state index >= 15 is 0 Å². The van der Waals surface area contributed by atoms with Gasteiger partial charge in [0.2, 0.25) is 0 Å². The molecule has 2 heterocycles. The number of ether oxygens (including phenoxy) is 1. The van der Waals surface area contributed by atoms with Crippen molar-refractivity contribution in [1.82, 2.24) is 9.55 Å². The topological polar surface area (TPSA) is 61.2 Å². The Hall–Kier alpha value is -2.18. The van der Waals surface area contributed by atoms with Gasteiger partial charge in [0.05, 0.1) is 11.7 Å². The lowest BCUT2D eigenvalue weighted by Gasteiger charge is -2.14. The minimum absolute atomic E-state index is 0.0612. The van der Waals surface area contributed by atoms with Crippen LogP contribution in [0.15, 0.2) is 41.5 Å². The van der Waals surface area contributed by atoms with Crippen LogP contribution in [0.1, 0.15) is 30.3 Å². The highest BCUT2D eigenvalue weighted by Gasteiger charge is 2.20. The minimum Gasteiger partial charge on any atom is -0.459 e. The van der Waals surface area contributed by atoms with Crippen LogP contribution in [-0.4, -0.2) is 15.5 Å². The van der Waals surface area contributed by atoms with E-state index < -0.39 is 12.0 Å². The maximum absolute atomic E-state index is 12.6. The lowest BCUT2D eigenvalue weighted by molar-refractivity contribution is -0.148. The molecule has 0 radical (unpaired) electrons. The molecule has 0 N–H and O–H groups in total. The van der Waals surface area contributed by atoms with Gasteiger partial charge in [0.15, 0.2) is 0 Å². The van der Waals surface area contributed by atoms with Gasteiger partial charge in [-0.05, 0) is 25.5 Å². The van der Waals surface area contributed by atoms with Crippen molar-refractivity contribution in [3.63, 3.8) is 0 Å². The standard InChI is InChI=1S/C18H17ClN2O3S/c1-3-13-8-14-16(25-13)20-10-21(17(14)22)11(2)18(23)24-9-12-6-4-5-7-15(12)19/h4-8,10-11H,3,9H2,1-2H3/t11-/m0/s1. The highest BCUT2D eigenvalue weighted by molar-refractivity contribution is 7.18. The van der Waals surface area contributed by atoms with E-state index in [4.69, 9.17) is 16.3 Å². The number of thiophene rings is 1. The van der Waals surface area contributed by atoms with E-state index in [-0.39, 0.29) is 12.2 Å². The number of hydrogen-bond donors (Lipinski definition) is 0. The Labute approximate surface area is 153 Å². The fraction of sp³-hybridized carbons (Fsp3) is 0.278. The van der Waals surface area contributed by atoms with Crippen LogP contribution in [0.2, 0.25) is 5.02 Å². The average Bonchev–Trinajstić information content (AvgIpc) is 3.05. The molecule has 3 aromatic rings. The third-order valence-electron chi connectivity index (χ3n) is 3.96. The third-order valence-corrected chi connectivity index (χ3v) is 5.52. The van der Waals surface area contributed by atoms with Crippen molar-refractivity contribution in [2.45, 2.75) is 32.9 Å². The van der Waals surface area contributed by atoms with E-state index in [9.17, 15) is 9.59 Å². The van der Waals surface area contributed by atoms with Crippen LogP contribution in [0, 0.1) is 0 Å². The molecule has 130 valence electrons. The Morgan fingerprint density at radius 2 is 2.16 bits per heavy atom. The van der Waals surface area contributed by atoms with Crippen molar-refractivity contribution in [3.05, 3.63) is 62.5 Å². The van der Waals surface area contributed by atoms with Gasteiger partial charge in [0.1, 0.15) is 17.5 Å². The van der Waals surface area contributed by atoms with Crippen LogP contribution >= 0.6 is 22.9 Å². The minimum atomic E-state index is -0.767. The molecule has 0 fully saturated rings. The summed E-state index contributed by atoms with van der Waals surface area (Å²) in [6, 6.07) is 8.23. The Morgan fingerprint density at radius 1 is 1.40 bits per heavy atom. The van der Waals surface area contributed by atoms with Gasteiger partial charge in [-0.2, -0.15) is 0 Å². The summed E-state index contributed by atoms with van der Waals surface area (Å²) in [7, 11) is 0. The highest BCUT2D eigenvalue weighted by Crippen LogP contribution is 2.22. The smallest absolute Gasteiger partial charge is 0.329 e. The highest BCUT2D eigenvalue weighted by atomic mass is 35.5. The average molecular weight is 377 g/mol. The number of esters is 1. The number of nitrogens with zero attached hydrogens (tertiary/aromatic N) is 2. The first-order chi connectivity index (χ1) is 12.0. The summed E-state index contributed by atoms with van der Waals surface area (Å²) in [5.41, 5.74) is 0.485. The second-order valence-corrected chi connectivity index (χ2v) is 7.14. The van der Waals surface area contributed by atoms with Gasteiger partial charge in [-0.1, -0.05) is 36.7 Å². The first kappa shape index (κ1) is 17.6. The Kier molecular flexibility index (Phi) is 5.20. The maximum Gasteiger partial charge on any atom is 0.329 e. The molecule has 0 aliphatic rings. The summed E-state index contributed by atoms with van der Waals surface area (Å²) >= 11 is 7.55. The molecule has 1 atom stereocenters. The van der Waals surface area contributed by atoms with Gasteiger partial charge in [-0.3, -0.25) is 9.36 Å². The molecular formula is C18H17ClN2O3S. The van der Waals surface area contributed by atoms with Gasteiger partial charge in [-0.25, -0.2) is 9.78 Å². The van der Waals surface area contributed by atoms with Gasteiger partial charge >= 0.3 is 5.97 Å². The number of aryl methyl sites for hydroxylation is 1. The molecule has 0 bridgehead atoms. The lowest BCUT2D eigenvalue weighted by atomic mass is 10.2. The van der Waals surface area contributed by atoms with Gasteiger partial charge < -0.3 is 4.74 Å². The monoisotopic (exact) mass is 376 g/mol. The summed E-state index contributed by atoms with van der Waals surface area (Å²) in [4.78, 5) is 31.0. The zero-order valence-electron chi connectivity index (χ0n) is 13.9. The molecule has 0 aliphatic carbocycles. The van der Waals surface area contributed by atoms with Crippen LogP contribution in [-0.2, 0) is 22.6 Å². The van der Waals surface area contributed by atoms with E-state index in [2.05, 4.69) is 4.98 Å². The van der Waals surface area contributed by atoms with Crippen molar-refractivity contribution in [3.8, 4) is 0 Å². The second-order valence-electron chi connectivity index (χ2n) is 5.62. The number of aromatic nitrogens is 2. The SMILES string of the molecule is CCc1cc2c(=O)n([C@@H](C)C(=O)OCc3ccccc3Cl)cnc2s1. The molecular weight excluding hydrogens is 360 g/mol. The molecule has 0 spiro atoms. The van der Waals surface area contributed by atoms with Gasteiger partial charge in [0.25, 0.3) is 5.56 Å². The van der Waals surface area contributed by atoms with Gasteiger partial charge in [0, 0.05) is 15.5 Å². The fourth-order valence-corrected chi connectivity index (χ4v) is 3.55. The summed E-state index contributed by atoms with van der Waals surface area (Å²) in [5.74, 6) is -0.505. The van der Waals surface area contributed by atoms with E-state index in [1.54, 1.807) is 19.1 Å². The lowest BCUT2D eigenvalue weighted by Crippen LogP contribution is -2.29. The van der Waals surface area contributed by atoms with E-state index in [0.29, 0.717) is 15.2 Å². The van der Waals surface area contributed by atoms with Crippen LogP contribution in [0.3, 0.4) is 0 Å². The second kappa shape index (κ2) is 7.37. The van der Waals surface area contributed by atoms with Crippen molar-refractivity contribution in [1.29, 1.82) is 0 Å². The predicted octanol–water partition coefficient (Wildman–Crippen LogP) is 3.98. The molecule has 0 saturated heterocycles. The van der Waals surface area contributed by atoms with E-state index in [1.165, 1.54) is 22.2 Å². The third kappa shape index (κ3) is 3.60. The van der Waals surface area contributed by atoms with Crippen molar-refractivity contribution in [2.24, 2.45) is 0 Å². The zero-order chi connectivity index (χ0) is 18.0. The molecule has 1 aromatic carbocycles. The normalized spacial score (nSPS) is 12.3. The van der Waals surface area contributed by atoms with Crippen molar-refractivity contribution < 1.29 is 9.53 Å². The Morgan fingerprint density at radius 3 is 2.88 bits per heavy atom. The van der Waals surface area contributed by atoms with Gasteiger partial charge in [-0.15, -0.1) is 11.3 Å².